The van der Waals surface area contributed by atoms with E-state index in [1.807, 2.05) is 17.5 Å². The van der Waals surface area contributed by atoms with Crippen LogP contribution in [0.1, 0.15) is 5.56 Å². The number of thiazole rings is 1. The van der Waals surface area contributed by atoms with E-state index in [1.54, 1.807) is 30.3 Å². The van der Waals surface area contributed by atoms with Gasteiger partial charge in [-0.3, -0.25) is 10.1 Å². The van der Waals surface area contributed by atoms with E-state index >= 15 is 0 Å². The summed E-state index contributed by atoms with van der Waals surface area (Å²) in [5, 5.41) is 14.0. The number of amides is 1. The van der Waals surface area contributed by atoms with E-state index in [9.17, 15) is 4.79 Å². The standard InChI is InChI=1S/C16H10ClN3O2S2/c17-14-6-5-13(24-14)11-9-23-16(19-11)20-15(21)8-22-12-4-2-1-3-10(12)7-18/h1-6,9H,8H2,(H,19,20,21). The van der Waals surface area contributed by atoms with Crippen LogP contribution in [0, 0.1) is 11.3 Å². The lowest BCUT2D eigenvalue weighted by Crippen LogP contribution is -2.20. The van der Waals surface area contributed by atoms with Gasteiger partial charge in [-0.2, -0.15) is 5.26 Å². The van der Waals surface area contributed by atoms with Gasteiger partial charge in [-0.25, -0.2) is 4.98 Å². The average Bonchev–Trinajstić information content (AvgIpc) is 3.22. The number of carbonyl (C=O) groups is 1. The fraction of sp³-hybridized carbons (Fsp3) is 0.0625. The number of thiophene rings is 1. The zero-order chi connectivity index (χ0) is 16.9. The van der Waals surface area contributed by atoms with Gasteiger partial charge >= 0.3 is 0 Å². The molecular formula is C16H10ClN3O2S2. The van der Waals surface area contributed by atoms with E-state index < -0.39 is 0 Å². The summed E-state index contributed by atoms with van der Waals surface area (Å²) in [5.41, 5.74) is 1.15. The molecule has 5 nitrogen and oxygen atoms in total. The number of anilines is 1. The highest BCUT2D eigenvalue weighted by atomic mass is 35.5. The number of nitriles is 1. The SMILES string of the molecule is N#Cc1ccccc1OCC(=O)Nc1nc(-c2ccc(Cl)s2)cs1. The van der Waals surface area contributed by atoms with Crippen molar-refractivity contribution in [3.05, 3.63) is 51.7 Å². The summed E-state index contributed by atoms with van der Waals surface area (Å²) in [4.78, 5) is 17.3. The molecule has 3 rings (SSSR count). The minimum atomic E-state index is -0.340. The molecule has 0 atom stereocenters. The van der Waals surface area contributed by atoms with Gasteiger partial charge in [0.2, 0.25) is 0 Å². The van der Waals surface area contributed by atoms with Gasteiger partial charge < -0.3 is 4.74 Å². The van der Waals surface area contributed by atoms with Crippen molar-refractivity contribution in [2.45, 2.75) is 0 Å². The minimum absolute atomic E-state index is 0.196. The molecule has 120 valence electrons. The smallest absolute Gasteiger partial charge is 0.264 e. The van der Waals surface area contributed by atoms with Crippen molar-refractivity contribution in [1.82, 2.24) is 4.98 Å². The lowest BCUT2D eigenvalue weighted by molar-refractivity contribution is -0.118. The van der Waals surface area contributed by atoms with Crippen LogP contribution >= 0.6 is 34.3 Å². The Bertz CT molecular complexity index is 914. The van der Waals surface area contributed by atoms with Crippen LogP contribution in [0.5, 0.6) is 5.75 Å². The first-order chi connectivity index (χ1) is 11.7. The van der Waals surface area contributed by atoms with Crippen LogP contribution in [-0.4, -0.2) is 17.5 Å². The lowest BCUT2D eigenvalue weighted by atomic mass is 10.2. The molecule has 0 bridgehead atoms. The number of nitrogens with zero attached hydrogens (tertiary/aromatic N) is 2. The van der Waals surface area contributed by atoms with Crippen molar-refractivity contribution in [1.29, 1.82) is 5.26 Å². The fourth-order valence-electron chi connectivity index (χ4n) is 1.88. The molecule has 0 radical (unpaired) electrons. The molecule has 2 heterocycles. The van der Waals surface area contributed by atoms with E-state index in [1.165, 1.54) is 22.7 Å². The fourth-order valence-corrected chi connectivity index (χ4v) is 3.68. The topological polar surface area (TPSA) is 75.0 Å². The molecule has 0 aliphatic rings. The number of benzene rings is 1. The summed E-state index contributed by atoms with van der Waals surface area (Å²) in [6.07, 6.45) is 0. The second-order valence-corrected chi connectivity index (χ2v) is 7.16. The number of hydrogen-bond donors (Lipinski definition) is 1. The third-order valence-corrected chi connectivity index (χ3v) is 4.95. The summed E-state index contributed by atoms with van der Waals surface area (Å²) in [6, 6.07) is 12.5. The molecule has 2 aromatic heterocycles. The van der Waals surface area contributed by atoms with Gasteiger partial charge in [0.25, 0.3) is 5.91 Å². The number of rotatable bonds is 5. The number of hydrogen-bond acceptors (Lipinski definition) is 6. The minimum Gasteiger partial charge on any atom is -0.482 e. The van der Waals surface area contributed by atoms with Crippen LogP contribution in [0.4, 0.5) is 5.13 Å². The summed E-state index contributed by atoms with van der Waals surface area (Å²) in [7, 11) is 0. The molecule has 1 aromatic carbocycles. The van der Waals surface area contributed by atoms with Crippen molar-refractivity contribution < 1.29 is 9.53 Å². The molecule has 8 heteroatoms. The highest BCUT2D eigenvalue weighted by Crippen LogP contribution is 2.32. The van der Waals surface area contributed by atoms with Gasteiger partial charge in [-0.15, -0.1) is 22.7 Å². The maximum absolute atomic E-state index is 12.0. The Morgan fingerprint density at radius 1 is 1.33 bits per heavy atom. The molecule has 0 unspecified atom stereocenters. The molecule has 0 fully saturated rings. The predicted molar refractivity (Wildman–Crippen MR) is 95.7 cm³/mol. The summed E-state index contributed by atoms with van der Waals surface area (Å²) in [6.45, 7) is -0.196. The van der Waals surface area contributed by atoms with Crippen molar-refractivity contribution in [3.63, 3.8) is 0 Å². The highest BCUT2D eigenvalue weighted by molar-refractivity contribution is 7.20. The molecule has 0 spiro atoms. The van der Waals surface area contributed by atoms with Crippen molar-refractivity contribution in [2.24, 2.45) is 0 Å². The molecule has 0 aliphatic heterocycles. The summed E-state index contributed by atoms with van der Waals surface area (Å²) in [5.74, 6) is 0.0380. The van der Waals surface area contributed by atoms with Gasteiger partial charge in [0.1, 0.15) is 11.8 Å². The van der Waals surface area contributed by atoms with Gasteiger partial charge in [0.15, 0.2) is 11.7 Å². The Labute approximate surface area is 151 Å². The van der Waals surface area contributed by atoms with Crippen LogP contribution in [0.15, 0.2) is 41.8 Å². The van der Waals surface area contributed by atoms with E-state index in [0.717, 1.165) is 10.6 Å². The Kier molecular flexibility index (Phi) is 5.11. The molecule has 1 N–H and O–H groups in total. The van der Waals surface area contributed by atoms with Gasteiger partial charge in [-0.05, 0) is 24.3 Å². The number of halogens is 1. The largest absolute Gasteiger partial charge is 0.482 e. The first-order valence-corrected chi connectivity index (χ1v) is 8.86. The first kappa shape index (κ1) is 16.5. The second-order valence-electron chi connectivity index (χ2n) is 4.59. The van der Waals surface area contributed by atoms with Crippen LogP contribution in [0.2, 0.25) is 4.34 Å². The Hall–Kier alpha value is -2.40. The molecule has 1 amide bonds. The van der Waals surface area contributed by atoms with E-state index in [2.05, 4.69) is 10.3 Å². The van der Waals surface area contributed by atoms with Gasteiger partial charge in [-0.1, -0.05) is 23.7 Å². The van der Waals surface area contributed by atoms with Crippen LogP contribution < -0.4 is 10.1 Å². The van der Waals surface area contributed by atoms with Crippen molar-refractivity contribution in [3.8, 4) is 22.4 Å². The van der Waals surface area contributed by atoms with Crippen LogP contribution in [0.25, 0.3) is 10.6 Å². The quantitative estimate of drug-likeness (QED) is 0.716. The number of para-hydroxylation sites is 1. The van der Waals surface area contributed by atoms with Crippen molar-refractivity contribution in [2.75, 3.05) is 11.9 Å². The van der Waals surface area contributed by atoms with Gasteiger partial charge in [0, 0.05) is 5.38 Å². The highest BCUT2D eigenvalue weighted by Gasteiger charge is 2.11. The second kappa shape index (κ2) is 7.45. The molecule has 0 saturated heterocycles. The molecular weight excluding hydrogens is 366 g/mol. The Morgan fingerprint density at radius 2 is 2.17 bits per heavy atom. The number of ether oxygens (including phenoxy) is 1. The zero-order valence-electron chi connectivity index (χ0n) is 12.2. The monoisotopic (exact) mass is 375 g/mol. The summed E-state index contributed by atoms with van der Waals surface area (Å²) < 4.78 is 6.07. The number of aromatic nitrogens is 1. The molecule has 3 aromatic rings. The van der Waals surface area contributed by atoms with E-state index in [-0.39, 0.29) is 12.5 Å². The third kappa shape index (κ3) is 3.92. The third-order valence-electron chi connectivity index (χ3n) is 2.94. The van der Waals surface area contributed by atoms with Gasteiger partial charge in [0.05, 0.1) is 20.5 Å². The molecule has 24 heavy (non-hydrogen) atoms. The van der Waals surface area contributed by atoms with Crippen LogP contribution in [-0.2, 0) is 4.79 Å². The molecule has 0 saturated carbocycles. The first-order valence-electron chi connectivity index (χ1n) is 6.79. The maximum atomic E-state index is 12.0. The Morgan fingerprint density at radius 3 is 2.92 bits per heavy atom. The zero-order valence-corrected chi connectivity index (χ0v) is 14.5. The summed E-state index contributed by atoms with van der Waals surface area (Å²) >= 11 is 8.66. The predicted octanol–water partition coefficient (Wildman–Crippen LogP) is 4.41. The normalized spacial score (nSPS) is 10.2. The lowest BCUT2D eigenvalue weighted by Gasteiger charge is -2.06. The molecule has 0 aliphatic carbocycles. The maximum Gasteiger partial charge on any atom is 0.264 e. The van der Waals surface area contributed by atoms with E-state index in [4.69, 9.17) is 21.6 Å². The van der Waals surface area contributed by atoms with E-state index in [0.29, 0.717) is 20.8 Å². The Balaban J connectivity index is 1.59. The van der Waals surface area contributed by atoms with Crippen LogP contribution in [0.3, 0.4) is 0 Å². The average molecular weight is 376 g/mol. The number of carbonyl (C=O) groups excluding carboxylic acids is 1. The number of nitrogens with one attached hydrogen (secondary N) is 1. The van der Waals surface area contributed by atoms with Crippen molar-refractivity contribution >= 4 is 45.3 Å².